The number of fused-ring (bicyclic) bond motifs is 1. The van der Waals surface area contributed by atoms with Crippen LogP contribution < -0.4 is 0 Å². The van der Waals surface area contributed by atoms with Crippen LogP contribution in [0.2, 0.25) is 0 Å². The van der Waals surface area contributed by atoms with E-state index < -0.39 is 0 Å². The van der Waals surface area contributed by atoms with Crippen molar-refractivity contribution in [3.8, 4) is 10.6 Å². The van der Waals surface area contributed by atoms with Crippen LogP contribution >= 0.6 is 23.6 Å². The fourth-order valence-electron chi connectivity index (χ4n) is 3.08. The van der Waals surface area contributed by atoms with E-state index in [2.05, 4.69) is 51.0 Å². The summed E-state index contributed by atoms with van der Waals surface area (Å²) in [5.41, 5.74) is 4.98. The van der Waals surface area contributed by atoms with Crippen LogP contribution in [0.25, 0.3) is 10.6 Å². The number of aromatic amines is 1. The molecule has 0 saturated heterocycles. The number of H-pyrrole nitrogens is 1. The van der Waals surface area contributed by atoms with Crippen LogP contribution in [0.15, 0.2) is 36.7 Å². The Labute approximate surface area is 150 Å². The van der Waals surface area contributed by atoms with Gasteiger partial charge < -0.3 is 4.98 Å². The van der Waals surface area contributed by atoms with Gasteiger partial charge in [-0.25, -0.2) is 9.97 Å². The molecule has 3 aromatic rings. The smallest absolute Gasteiger partial charge is 0.196 e. The van der Waals surface area contributed by atoms with Crippen LogP contribution in [-0.2, 0) is 19.5 Å². The SMILES string of the molecule is Cc1ccccc1-c1ncc(CN2CCc3[nH]c(=S)ncc3C2)s1. The van der Waals surface area contributed by atoms with Crippen LogP contribution in [0.5, 0.6) is 0 Å². The summed E-state index contributed by atoms with van der Waals surface area (Å²) in [6.07, 6.45) is 4.91. The van der Waals surface area contributed by atoms with Crippen LogP contribution in [0, 0.1) is 11.7 Å². The molecule has 0 amide bonds. The van der Waals surface area contributed by atoms with E-state index in [0.717, 1.165) is 31.1 Å². The summed E-state index contributed by atoms with van der Waals surface area (Å²) < 4.78 is 0.576. The molecule has 6 heteroatoms. The molecule has 0 radical (unpaired) electrons. The molecule has 4 rings (SSSR count). The number of rotatable bonds is 3. The fourth-order valence-corrected chi connectivity index (χ4v) is 4.30. The van der Waals surface area contributed by atoms with Crippen molar-refractivity contribution >= 4 is 23.6 Å². The van der Waals surface area contributed by atoms with Gasteiger partial charge in [-0.3, -0.25) is 4.90 Å². The zero-order chi connectivity index (χ0) is 16.5. The van der Waals surface area contributed by atoms with Gasteiger partial charge in [-0.2, -0.15) is 0 Å². The van der Waals surface area contributed by atoms with Crippen LogP contribution in [0.3, 0.4) is 0 Å². The van der Waals surface area contributed by atoms with Crippen molar-refractivity contribution in [3.05, 3.63) is 63.1 Å². The van der Waals surface area contributed by atoms with E-state index in [9.17, 15) is 0 Å². The van der Waals surface area contributed by atoms with Crippen molar-refractivity contribution in [2.24, 2.45) is 0 Å². The van der Waals surface area contributed by atoms with Crippen molar-refractivity contribution in [3.63, 3.8) is 0 Å². The van der Waals surface area contributed by atoms with Gasteiger partial charge in [0.1, 0.15) is 5.01 Å². The fraction of sp³-hybridized carbons (Fsp3) is 0.278. The quantitative estimate of drug-likeness (QED) is 0.718. The average molecular weight is 355 g/mol. The second kappa shape index (κ2) is 6.55. The lowest BCUT2D eigenvalue weighted by Crippen LogP contribution is -2.30. The molecule has 2 aromatic heterocycles. The third-order valence-corrected chi connectivity index (χ3v) is 5.59. The van der Waals surface area contributed by atoms with E-state index in [1.165, 1.54) is 27.3 Å². The maximum Gasteiger partial charge on any atom is 0.196 e. The molecule has 4 nitrogen and oxygen atoms in total. The van der Waals surface area contributed by atoms with Gasteiger partial charge in [0.15, 0.2) is 4.77 Å². The first-order valence-electron chi connectivity index (χ1n) is 7.99. The van der Waals surface area contributed by atoms with Gasteiger partial charge in [-0.05, 0) is 24.7 Å². The molecule has 0 aliphatic carbocycles. The second-order valence-corrected chi connectivity index (χ2v) is 7.60. The summed E-state index contributed by atoms with van der Waals surface area (Å²) in [7, 11) is 0. The summed E-state index contributed by atoms with van der Waals surface area (Å²) in [5, 5.41) is 1.10. The lowest BCUT2D eigenvalue weighted by atomic mass is 10.1. The highest BCUT2D eigenvalue weighted by Crippen LogP contribution is 2.29. The number of nitrogens with zero attached hydrogens (tertiary/aromatic N) is 3. The van der Waals surface area contributed by atoms with E-state index >= 15 is 0 Å². The van der Waals surface area contributed by atoms with Crippen LogP contribution in [0.4, 0.5) is 0 Å². The Kier molecular flexibility index (Phi) is 4.26. The van der Waals surface area contributed by atoms with Crippen LogP contribution in [-0.4, -0.2) is 26.4 Å². The number of aromatic nitrogens is 3. The van der Waals surface area contributed by atoms with Gasteiger partial charge >= 0.3 is 0 Å². The molecule has 24 heavy (non-hydrogen) atoms. The maximum atomic E-state index is 5.10. The molecule has 3 heterocycles. The minimum Gasteiger partial charge on any atom is -0.334 e. The molecule has 0 bridgehead atoms. The van der Waals surface area contributed by atoms with Gasteiger partial charge in [0.25, 0.3) is 0 Å². The van der Waals surface area contributed by atoms with Gasteiger partial charge in [0.05, 0.1) is 0 Å². The zero-order valence-electron chi connectivity index (χ0n) is 13.5. The molecule has 0 fully saturated rings. The molecular formula is C18H18N4S2. The molecule has 0 spiro atoms. The summed E-state index contributed by atoms with van der Waals surface area (Å²) >= 11 is 6.89. The van der Waals surface area contributed by atoms with Crippen molar-refractivity contribution in [2.75, 3.05) is 6.54 Å². The van der Waals surface area contributed by atoms with E-state index in [-0.39, 0.29) is 0 Å². The van der Waals surface area contributed by atoms with E-state index in [0.29, 0.717) is 4.77 Å². The molecular weight excluding hydrogens is 336 g/mol. The third kappa shape index (κ3) is 3.17. The van der Waals surface area contributed by atoms with Crippen molar-refractivity contribution in [1.82, 2.24) is 19.9 Å². The van der Waals surface area contributed by atoms with Gasteiger partial charge in [-0.1, -0.05) is 24.3 Å². The number of thiazole rings is 1. The molecule has 0 unspecified atom stereocenters. The Morgan fingerprint density at radius 2 is 2.12 bits per heavy atom. The Morgan fingerprint density at radius 3 is 3.00 bits per heavy atom. The monoisotopic (exact) mass is 354 g/mol. The normalized spacial score (nSPS) is 14.5. The molecule has 1 N–H and O–H groups in total. The number of benzene rings is 1. The first-order valence-corrected chi connectivity index (χ1v) is 9.21. The standard InChI is InChI=1S/C18H18N4S2/c1-12-4-2-3-5-15(12)17-19-9-14(24-17)11-22-7-6-16-13(10-22)8-20-18(23)21-16/h2-5,8-9H,6-7,10-11H2,1H3,(H,20,21,23). The van der Waals surface area contributed by atoms with E-state index in [1.54, 1.807) is 11.3 Å². The Bertz CT molecular complexity index is 929. The minimum absolute atomic E-state index is 0.576. The van der Waals surface area contributed by atoms with Crippen molar-refractivity contribution < 1.29 is 0 Å². The van der Waals surface area contributed by atoms with Crippen LogP contribution in [0.1, 0.15) is 21.7 Å². The summed E-state index contributed by atoms with van der Waals surface area (Å²) in [6, 6.07) is 8.41. The predicted octanol–water partition coefficient (Wildman–Crippen LogP) is 4.13. The second-order valence-electron chi connectivity index (χ2n) is 6.10. The molecule has 1 aromatic carbocycles. The van der Waals surface area contributed by atoms with Crippen molar-refractivity contribution in [2.45, 2.75) is 26.4 Å². The predicted molar refractivity (Wildman–Crippen MR) is 99.5 cm³/mol. The summed E-state index contributed by atoms with van der Waals surface area (Å²) in [4.78, 5) is 15.8. The first kappa shape index (κ1) is 15.6. The molecule has 0 atom stereocenters. The topological polar surface area (TPSA) is 44.8 Å². The Morgan fingerprint density at radius 1 is 1.25 bits per heavy atom. The van der Waals surface area contributed by atoms with Gasteiger partial charge in [0.2, 0.25) is 0 Å². The lowest BCUT2D eigenvalue weighted by molar-refractivity contribution is 0.244. The first-order chi connectivity index (χ1) is 11.7. The largest absolute Gasteiger partial charge is 0.334 e. The Hall–Kier alpha value is -1.89. The highest BCUT2D eigenvalue weighted by molar-refractivity contribution is 7.71. The van der Waals surface area contributed by atoms with Crippen molar-refractivity contribution in [1.29, 1.82) is 0 Å². The number of aryl methyl sites for hydroxylation is 1. The van der Waals surface area contributed by atoms with E-state index in [4.69, 9.17) is 12.2 Å². The molecule has 1 aliphatic heterocycles. The number of hydrogen-bond donors (Lipinski definition) is 1. The molecule has 122 valence electrons. The number of hydrogen-bond acceptors (Lipinski definition) is 5. The lowest BCUT2D eigenvalue weighted by Gasteiger charge is -2.27. The highest BCUT2D eigenvalue weighted by Gasteiger charge is 2.18. The average Bonchev–Trinajstić information content (AvgIpc) is 3.04. The highest BCUT2D eigenvalue weighted by atomic mass is 32.1. The van der Waals surface area contributed by atoms with E-state index in [1.807, 2.05) is 12.4 Å². The van der Waals surface area contributed by atoms with Gasteiger partial charge in [-0.15, -0.1) is 11.3 Å². The molecule has 1 aliphatic rings. The van der Waals surface area contributed by atoms with Gasteiger partial charge in [0, 0.05) is 60.1 Å². The maximum absolute atomic E-state index is 5.10. The zero-order valence-corrected chi connectivity index (χ0v) is 15.1. The number of nitrogens with one attached hydrogen (secondary N) is 1. The molecule has 0 saturated carbocycles. The minimum atomic E-state index is 0.576. The third-order valence-electron chi connectivity index (χ3n) is 4.36. The Balaban J connectivity index is 1.50. The summed E-state index contributed by atoms with van der Waals surface area (Å²) in [6.45, 7) is 5.00. The summed E-state index contributed by atoms with van der Waals surface area (Å²) in [5.74, 6) is 0.